The van der Waals surface area contributed by atoms with Crippen molar-refractivity contribution in [2.45, 2.75) is 45.6 Å². The number of aromatic nitrogens is 1. The van der Waals surface area contributed by atoms with Gasteiger partial charge < -0.3 is 9.47 Å². The minimum Gasteiger partial charge on any atom is -0.340 e. The second-order valence-electron chi connectivity index (χ2n) is 6.72. The molecule has 0 saturated heterocycles. The van der Waals surface area contributed by atoms with Crippen molar-refractivity contribution in [1.29, 1.82) is 0 Å². The molecule has 7 heteroatoms. The van der Waals surface area contributed by atoms with Gasteiger partial charge >= 0.3 is 0 Å². The van der Waals surface area contributed by atoms with Crippen molar-refractivity contribution in [2.24, 2.45) is 5.41 Å². The Morgan fingerprint density at radius 1 is 1.38 bits per heavy atom. The van der Waals surface area contributed by atoms with E-state index in [1.54, 1.807) is 16.5 Å². The van der Waals surface area contributed by atoms with Crippen molar-refractivity contribution in [3.05, 3.63) is 18.0 Å². The highest BCUT2D eigenvalue weighted by Gasteiger charge is 2.25. The summed E-state index contributed by atoms with van der Waals surface area (Å²) in [5.41, 5.74) is 0.289. The first-order valence-electron chi connectivity index (χ1n) is 6.75. The fraction of sp³-hybridized carbons (Fsp3) is 0.643. The van der Waals surface area contributed by atoms with Crippen LogP contribution < -0.4 is 0 Å². The zero-order valence-electron chi connectivity index (χ0n) is 13.3. The average molecular weight is 335 g/mol. The van der Waals surface area contributed by atoms with Crippen molar-refractivity contribution in [1.82, 2.24) is 9.47 Å². The molecule has 0 bridgehead atoms. The fourth-order valence-electron chi connectivity index (χ4n) is 2.16. The minimum absolute atomic E-state index is 0.0406. The molecular weight excluding hydrogens is 312 g/mol. The first-order chi connectivity index (χ1) is 9.33. The summed E-state index contributed by atoms with van der Waals surface area (Å²) in [6.07, 6.45) is 1.41. The van der Waals surface area contributed by atoms with E-state index >= 15 is 0 Å². The zero-order valence-corrected chi connectivity index (χ0v) is 14.9. The molecule has 0 atom stereocenters. The van der Waals surface area contributed by atoms with Crippen molar-refractivity contribution in [2.75, 3.05) is 13.6 Å². The number of rotatable bonds is 4. The number of amides is 1. The summed E-state index contributed by atoms with van der Waals surface area (Å²) in [7, 11) is 3.23. The summed E-state index contributed by atoms with van der Waals surface area (Å²) < 4.78 is 24.6. The molecule has 0 spiro atoms. The van der Waals surface area contributed by atoms with Crippen LogP contribution in [-0.2, 0) is 9.05 Å². The van der Waals surface area contributed by atoms with Crippen LogP contribution in [0.3, 0.4) is 0 Å². The molecule has 1 aromatic heterocycles. The van der Waals surface area contributed by atoms with E-state index in [2.05, 4.69) is 0 Å². The second kappa shape index (κ2) is 6.01. The Hall–Kier alpha value is -1.01. The summed E-state index contributed by atoms with van der Waals surface area (Å²) in [5.74, 6) is -0.217. The highest BCUT2D eigenvalue weighted by molar-refractivity contribution is 8.13. The van der Waals surface area contributed by atoms with Gasteiger partial charge in [-0.15, -0.1) is 0 Å². The number of halogens is 1. The average Bonchev–Trinajstić information content (AvgIpc) is 2.69. The lowest BCUT2D eigenvalue weighted by Gasteiger charge is -2.27. The Bertz CT molecular complexity index is 627. The predicted octanol–water partition coefficient (Wildman–Crippen LogP) is 3.11. The predicted molar refractivity (Wildman–Crippen MR) is 84.3 cm³/mol. The summed E-state index contributed by atoms with van der Waals surface area (Å²) in [4.78, 5) is 14.1. The molecule has 0 aromatic carbocycles. The Labute approximate surface area is 131 Å². The second-order valence-corrected chi connectivity index (χ2v) is 9.29. The van der Waals surface area contributed by atoms with Crippen LogP contribution in [0.25, 0.3) is 0 Å². The smallest absolute Gasteiger partial charge is 0.270 e. The van der Waals surface area contributed by atoms with Crippen LogP contribution in [0, 0.1) is 5.41 Å². The lowest BCUT2D eigenvalue weighted by molar-refractivity contribution is 0.0733. The van der Waals surface area contributed by atoms with Gasteiger partial charge in [-0.1, -0.05) is 20.8 Å². The van der Waals surface area contributed by atoms with Crippen LogP contribution >= 0.6 is 10.7 Å². The Morgan fingerprint density at radius 3 is 2.29 bits per heavy atom. The van der Waals surface area contributed by atoms with Crippen LogP contribution in [-0.4, -0.2) is 37.4 Å². The monoisotopic (exact) mass is 334 g/mol. The molecular formula is C14H23ClN2O3S. The Morgan fingerprint density at radius 2 is 1.90 bits per heavy atom. The summed E-state index contributed by atoms with van der Waals surface area (Å²) in [6.45, 7) is 10.4. The number of carbonyl (C=O) groups excluding carboxylic acids is 1. The topological polar surface area (TPSA) is 59.4 Å². The standard InChI is InChI=1S/C14H23ClN2O3S/c1-10(2)17-8-11(21(15,19)20)7-12(17)13(18)16(6)9-14(3,4)5/h7-8,10H,9H2,1-6H3. The maximum atomic E-state index is 12.6. The molecule has 0 fully saturated rings. The van der Waals surface area contributed by atoms with Gasteiger partial charge in [0.15, 0.2) is 0 Å². The maximum Gasteiger partial charge on any atom is 0.270 e. The zero-order chi connectivity index (χ0) is 16.6. The number of carbonyl (C=O) groups is 1. The first-order valence-corrected chi connectivity index (χ1v) is 9.06. The molecule has 1 amide bonds. The third kappa shape index (κ3) is 4.74. The maximum absolute atomic E-state index is 12.6. The lowest BCUT2D eigenvalue weighted by Crippen LogP contribution is -2.35. The highest BCUT2D eigenvalue weighted by atomic mass is 35.7. The molecule has 1 rings (SSSR count). The largest absolute Gasteiger partial charge is 0.340 e. The number of hydrogen-bond acceptors (Lipinski definition) is 3. The van der Waals surface area contributed by atoms with E-state index in [9.17, 15) is 13.2 Å². The van der Waals surface area contributed by atoms with Crippen LogP contribution in [0.1, 0.15) is 51.1 Å². The molecule has 120 valence electrons. The molecule has 21 heavy (non-hydrogen) atoms. The van der Waals surface area contributed by atoms with Crippen LogP contribution in [0.5, 0.6) is 0 Å². The van der Waals surface area contributed by atoms with Gasteiger partial charge in [-0.25, -0.2) is 8.42 Å². The van der Waals surface area contributed by atoms with E-state index in [0.717, 1.165) is 0 Å². The van der Waals surface area contributed by atoms with Crippen LogP contribution in [0.15, 0.2) is 17.2 Å². The van der Waals surface area contributed by atoms with Gasteiger partial charge in [-0.3, -0.25) is 4.79 Å². The molecule has 0 aliphatic heterocycles. The first kappa shape index (κ1) is 18.0. The summed E-state index contributed by atoms with van der Waals surface area (Å²) in [5, 5.41) is 0. The van der Waals surface area contributed by atoms with Gasteiger partial charge in [0.1, 0.15) is 10.6 Å². The molecule has 0 aliphatic rings. The molecule has 1 aromatic rings. The minimum atomic E-state index is -3.85. The van der Waals surface area contributed by atoms with E-state index in [4.69, 9.17) is 10.7 Å². The van der Waals surface area contributed by atoms with E-state index in [1.807, 2.05) is 34.6 Å². The fourth-order valence-corrected chi connectivity index (χ4v) is 2.91. The van der Waals surface area contributed by atoms with E-state index in [-0.39, 0.29) is 22.3 Å². The quantitative estimate of drug-likeness (QED) is 0.795. The summed E-state index contributed by atoms with van der Waals surface area (Å²) >= 11 is 0. The lowest BCUT2D eigenvalue weighted by atomic mass is 9.96. The van der Waals surface area contributed by atoms with Crippen molar-refractivity contribution < 1.29 is 13.2 Å². The summed E-state index contributed by atoms with van der Waals surface area (Å²) in [6, 6.07) is 1.29. The molecule has 1 heterocycles. The Balaban J connectivity index is 3.23. The van der Waals surface area contributed by atoms with Crippen molar-refractivity contribution >= 4 is 25.6 Å². The SMILES string of the molecule is CC(C)n1cc(S(=O)(=O)Cl)cc1C(=O)N(C)CC(C)(C)C. The molecule has 0 saturated carbocycles. The third-order valence-corrected chi connectivity index (χ3v) is 4.26. The van der Waals surface area contributed by atoms with Crippen molar-refractivity contribution in [3.63, 3.8) is 0 Å². The van der Waals surface area contributed by atoms with Gasteiger partial charge in [0, 0.05) is 36.5 Å². The van der Waals surface area contributed by atoms with Gasteiger partial charge in [0.2, 0.25) is 0 Å². The van der Waals surface area contributed by atoms with Gasteiger partial charge in [0.05, 0.1) is 0 Å². The third-order valence-electron chi connectivity index (χ3n) is 2.94. The molecule has 5 nitrogen and oxygen atoms in total. The van der Waals surface area contributed by atoms with Crippen LogP contribution in [0.4, 0.5) is 0 Å². The van der Waals surface area contributed by atoms with Gasteiger partial charge in [0.25, 0.3) is 15.0 Å². The highest BCUT2D eigenvalue weighted by Crippen LogP contribution is 2.24. The molecule has 0 unspecified atom stereocenters. The van der Waals surface area contributed by atoms with E-state index in [0.29, 0.717) is 12.2 Å². The van der Waals surface area contributed by atoms with Crippen LogP contribution in [0.2, 0.25) is 0 Å². The Kier molecular flexibility index (Phi) is 5.16. The van der Waals surface area contributed by atoms with Gasteiger partial charge in [-0.05, 0) is 25.3 Å². The molecule has 0 radical (unpaired) electrons. The normalized spacial score (nSPS) is 12.8. The number of nitrogens with zero attached hydrogens (tertiary/aromatic N) is 2. The number of hydrogen-bond donors (Lipinski definition) is 0. The van der Waals surface area contributed by atoms with Crippen molar-refractivity contribution in [3.8, 4) is 0 Å². The van der Waals surface area contributed by atoms with E-state index in [1.165, 1.54) is 12.3 Å². The molecule has 0 N–H and O–H groups in total. The molecule has 0 aliphatic carbocycles. The van der Waals surface area contributed by atoms with E-state index < -0.39 is 9.05 Å². The van der Waals surface area contributed by atoms with Gasteiger partial charge in [-0.2, -0.15) is 0 Å².